The van der Waals surface area contributed by atoms with Gasteiger partial charge in [-0.3, -0.25) is 0 Å². The molecule has 0 saturated carbocycles. The van der Waals surface area contributed by atoms with E-state index in [1.807, 2.05) is 13.0 Å². The van der Waals surface area contributed by atoms with E-state index in [9.17, 15) is 4.39 Å². The second-order valence-corrected chi connectivity index (χ2v) is 4.08. The summed E-state index contributed by atoms with van der Waals surface area (Å²) in [6.07, 6.45) is 0. The van der Waals surface area contributed by atoms with Gasteiger partial charge in [0.15, 0.2) is 0 Å². The Morgan fingerprint density at radius 1 is 1.57 bits per heavy atom. The molecule has 1 aromatic rings. The maximum Gasteiger partial charge on any atom is 0.141 e. The lowest BCUT2D eigenvalue weighted by Gasteiger charge is -2.11. The van der Waals surface area contributed by atoms with E-state index < -0.39 is 0 Å². The molecule has 4 heteroatoms. The van der Waals surface area contributed by atoms with Gasteiger partial charge < -0.3 is 11.1 Å². The molecule has 14 heavy (non-hydrogen) atoms. The Labute approximate surface area is 91.8 Å². The van der Waals surface area contributed by atoms with E-state index in [-0.39, 0.29) is 11.9 Å². The summed E-state index contributed by atoms with van der Waals surface area (Å²) in [5.41, 5.74) is 6.09. The third kappa shape index (κ3) is 3.04. The Morgan fingerprint density at radius 3 is 2.93 bits per heavy atom. The minimum absolute atomic E-state index is 0.202. The molecule has 78 valence electrons. The first kappa shape index (κ1) is 11.6. The molecule has 0 heterocycles. The van der Waals surface area contributed by atoms with Gasteiger partial charge in [-0.25, -0.2) is 4.39 Å². The smallest absolute Gasteiger partial charge is 0.141 e. The van der Waals surface area contributed by atoms with Crippen LogP contribution in [0.4, 0.5) is 4.39 Å². The summed E-state index contributed by atoms with van der Waals surface area (Å²) in [6.45, 7) is 3.02. The molecule has 1 rings (SSSR count). The summed E-state index contributed by atoms with van der Waals surface area (Å²) >= 11 is 3.14. The van der Waals surface area contributed by atoms with Crippen molar-refractivity contribution in [3.05, 3.63) is 34.1 Å². The van der Waals surface area contributed by atoms with E-state index in [4.69, 9.17) is 5.73 Å². The van der Waals surface area contributed by atoms with Gasteiger partial charge in [0.25, 0.3) is 0 Å². The topological polar surface area (TPSA) is 38.0 Å². The Morgan fingerprint density at radius 2 is 2.29 bits per heavy atom. The van der Waals surface area contributed by atoms with Gasteiger partial charge >= 0.3 is 0 Å². The number of halogens is 2. The molecule has 1 atom stereocenters. The first-order valence-corrected chi connectivity index (χ1v) is 5.30. The average Bonchev–Trinajstić information content (AvgIpc) is 2.20. The molecule has 0 spiro atoms. The quantitative estimate of drug-likeness (QED) is 0.870. The van der Waals surface area contributed by atoms with Crippen molar-refractivity contribution in [2.24, 2.45) is 5.73 Å². The third-order valence-corrected chi connectivity index (χ3v) is 2.64. The molecule has 0 radical (unpaired) electrons. The molecule has 0 saturated heterocycles. The maximum absolute atomic E-state index is 13.4. The second-order valence-electron chi connectivity index (χ2n) is 3.23. The fourth-order valence-corrected chi connectivity index (χ4v) is 1.46. The van der Waals surface area contributed by atoms with E-state index in [0.717, 1.165) is 0 Å². The normalized spacial score (nSPS) is 12.9. The summed E-state index contributed by atoms with van der Waals surface area (Å²) < 4.78 is 13.9. The van der Waals surface area contributed by atoms with Crippen molar-refractivity contribution in [2.75, 3.05) is 6.54 Å². The van der Waals surface area contributed by atoms with Crippen molar-refractivity contribution in [3.63, 3.8) is 0 Å². The Bertz CT molecular complexity index is 304. The summed E-state index contributed by atoms with van der Waals surface area (Å²) in [5.74, 6) is -0.204. The van der Waals surface area contributed by atoms with Crippen molar-refractivity contribution in [2.45, 2.75) is 19.5 Å². The van der Waals surface area contributed by atoms with Crippen LogP contribution < -0.4 is 11.1 Å². The molecule has 2 nitrogen and oxygen atoms in total. The molecule has 0 aliphatic heterocycles. The predicted octanol–water partition coefficient (Wildman–Crippen LogP) is 2.02. The molecule has 0 fully saturated rings. The lowest BCUT2D eigenvalue weighted by molar-refractivity contribution is 0.531. The van der Waals surface area contributed by atoms with E-state index >= 15 is 0 Å². The minimum Gasteiger partial charge on any atom is -0.329 e. The number of rotatable bonds is 4. The molecule has 0 aliphatic rings. The van der Waals surface area contributed by atoms with Crippen molar-refractivity contribution in [1.82, 2.24) is 5.32 Å². The highest BCUT2D eigenvalue weighted by atomic mass is 79.9. The lowest BCUT2D eigenvalue weighted by Crippen LogP contribution is -2.32. The number of nitrogens with one attached hydrogen (secondary N) is 1. The predicted molar refractivity (Wildman–Crippen MR) is 59.5 cm³/mol. The van der Waals surface area contributed by atoms with Crippen LogP contribution in [0.2, 0.25) is 0 Å². The van der Waals surface area contributed by atoms with Crippen LogP contribution in [0.5, 0.6) is 0 Å². The van der Waals surface area contributed by atoms with Gasteiger partial charge in [0.05, 0.1) is 4.47 Å². The SMILES string of the molecule is C[C@H](CN)NCc1cccc(Br)c1F. The highest BCUT2D eigenvalue weighted by Gasteiger charge is 2.06. The van der Waals surface area contributed by atoms with E-state index in [0.29, 0.717) is 23.1 Å². The minimum atomic E-state index is -0.204. The summed E-state index contributed by atoms with van der Waals surface area (Å²) in [5, 5.41) is 3.13. The highest BCUT2D eigenvalue weighted by Crippen LogP contribution is 2.18. The Balaban J connectivity index is 2.63. The van der Waals surface area contributed by atoms with Gasteiger partial charge in [-0.2, -0.15) is 0 Å². The van der Waals surface area contributed by atoms with Gasteiger partial charge in [0.1, 0.15) is 5.82 Å². The van der Waals surface area contributed by atoms with Crippen molar-refractivity contribution in [1.29, 1.82) is 0 Å². The van der Waals surface area contributed by atoms with Crippen LogP contribution in [0.1, 0.15) is 12.5 Å². The molecule has 1 aromatic carbocycles. The van der Waals surface area contributed by atoms with Crippen LogP contribution in [0.25, 0.3) is 0 Å². The van der Waals surface area contributed by atoms with Crippen LogP contribution in [0.3, 0.4) is 0 Å². The van der Waals surface area contributed by atoms with E-state index in [2.05, 4.69) is 21.2 Å². The van der Waals surface area contributed by atoms with Gasteiger partial charge in [-0.15, -0.1) is 0 Å². The first-order valence-electron chi connectivity index (χ1n) is 4.51. The molecule has 0 bridgehead atoms. The van der Waals surface area contributed by atoms with Crippen molar-refractivity contribution in [3.8, 4) is 0 Å². The molecule has 0 aromatic heterocycles. The van der Waals surface area contributed by atoms with Crippen LogP contribution >= 0.6 is 15.9 Å². The van der Waals surface area contributed by atoms with Crippen LogP contribution in [0, 0.1) is 5.82 Å². The molecule has 0 unspecified atom stereocenters. The number of benzene rings is 1. The fourth-order valence-electron chi connectivity index (χ4n) is 1.05. The van der Waals surface area contributed by atoms with Crippen LogP contribution in [-0.4, -0.2) is 12.6 Å². The summed E-state index contributed by atoms with van der Waals surface area (Å²) in [4.78, 5) is 0. The third-order valence-electron chi connectivity index (χ3n) is 2.03. The monoisotopic (exact) mass is 260 g/mol. The van der Waals surface area contributed by atoms with Gasteiger partial charge in [0.2, 0.25) is 0 Å². The zero-order valence-electron chi connectivity index (χ0n) is 8.06. The Hall–Kier alpha value is -0.450. The molecule has 0 amide bonds. The standard InChI is InChI=1S/C10H14BrFN2/c1-7(5-13)14-6-8-3-2-4-9(11)10(8)12/h2-4,7,14H,5-6,13H2,1H3/t7-/m1/s1. The van der Waals surface area contributed by atoms with Crippen LogP contribution in [-0.2, 0) is 6.54 Å². The fraction of sp³-hybridized carbons (Fsp3) is 0.400. The number of nitrogens with two attached hydrogens (primary N) is 1. The van der Waals surface area contributed by atoms with Gasteiger partial charge in [0, 0.05) is 24.7 Å². The largest absolute Gasteiger partial charge is 0.329 e. The zero-order valence-corrected chi connectivity index (χ0v) is 9.64. The van der Waals surface area contributed by atoms with E-state index in [1.165, 1.54) is 0 Å². The second kappa shape index (κ2) is 5.44. The van der Waals surface area contributed by atoms with Crippen molar-refractivity contribution < 1.29 is 4.39 Å². The number of hydrogen-bond acceptors (Lipinski definition) is 2. The summed E-state index contributed by atoms with van der Waals surface area (Å²) in [6, 6.07) is 5.46. The van der Waals surface area contributed by atoms with Gasteiger partial charge in [-0.05, 0) is 28.9 Å². The lowest BCUT2D eigenvalue weighted by atomic mass is 10.2. The summed E-state index contributed by atoms with van der Waals surface area (Å²) in [7, 11) is 0. The Kier molecular flexibility index (Phi) is 4.51. The molecule has 3 N–H and O–H groups in total. The van der Waals surface area contributed by atoms with E-state index in [1.54, 1.807) is 12.1 Å². The highest BCUT2D eigenvalue weighted by molar-refractivity contribution is 9.10. The molecule has 0 aliphatic carbocycles. The number of hydrogen-bond donors (Lipinski definition) is 2. The molecular weight excluding hydrogens is 247 g/mol. The van der Waals surface area contributed by atoms with Crippen molar-refractivity contribution >= 4 is 15.9 Å². The van der Waals surface area contributed by atoms with Gasteiger partial charge in [-0.1, -0.05) is 12.1 Å². The first-order chi connectivity index (χ1) is 6.65. The maximum atomic E-state index is 13.4. The zero-order chi connectivity index (χ0) is 10.6. The average molecular weight is 261 g/mol. The van der Waals surface area contributed by atoms with Crippen LogP contribution in [0.15, 0.2) is 22.7 Å². The molecular formula is C10H14BrFN2.